The molecule has 0 aliphatic heterocycles. The van der Waals surface area contributed by atoms with Crippen molar-refractivity contribution in [2.75, 3.05) is 12.4 Å². The van der Waals surface area contributed by atoms with Crippen LogP contribution >= 0.6 is 23.4 Å². The lowest BCUT2D eigenvalue weighted by Crippen LogP contribution is -2.22. The number of rotatable bonds is 7. The quantitative estimate of drug-likeness (QED) is 0.545. The van der Waals surface area contributed by atoms with Gasteiger partial charge in [0.2, 0.25) is 11.1 Å². The standard InChI is InChI=1S/C20H19ClN4O2S/c1-13(19(26)22-16-12-15(21)9-10-17(16)27-2)28-20-23-18(24-25-20)11-8-14-6-4-3-5-7-14/h3-13H,1-2H3,(H,22,26)(H,23,24,25)/b11-8+. The SMILES string of the molecule is COc1ccc(Cl)cc1NC(=O)C(C)Sc1n[nH]c(/C=C/c2ccccc2)n1. The van der Waals surface area contributed by atoms with Crippen LogP contribution in [0.2, 0.25) is 5.02 Å². The number of nitrogens with zero attached hydrogens (tertiary/aromatic N) is 2. The van der Waals surface area contributed by atoms with Crippen molar-refractivity contribution in [1.29, 1.82) is 0 Å². The maximum atomic E-state index is 12.5. The maximum absolute atomic E-state index is 12.5. The second-order valence-electron chi connectivity index (χ2n) is 5.84. The summed E-state index contributed by atoms with van der Waals surface area (Å²) >= 11 is 7.26. The molecule has 1 atom stereocenters. The van der Waals surface area contributed by atoms with Crippen LogP contribution in [0, 0.1) is 0 Å². The Morgan fingerprint density at radius 3 is 2.79 bits per heavy atom. The van der Waals surface area contributed by atoms with Gasteiger partial charge >= 0.3 is 0 Å². The van der Waals surface area contributed by atoms with Gasteiger partial charge in [-0.25, -0.2) is 4.98 Å². The zero-order valence-electron chi connectivity index (χ0n) is 15.3. The summed E-state index contributed by atoms with van der Waals surface area (Å²) in [6, 6.07) is 15.0. The van der Waals surface area contributed by atoms with E-state index in [-0.39, 0.29) is 5.91 Å². The van der Waals surface area contributed by atoms with Gasteiger partial charge in [-0.05, 0) is 36.8 Å². The molecule has 0 fully saturated rings. The predicted molar refractivity (Wildman–Crippen MR) is 114 cm³/mol. The lowest BCUT2D eigenvalue weighted by atomic mass is 10.2. The van der Waals surface area contributed by atoms with Gasteiger partial charge in [-0.2, -0.15) is 0 Å². The largest absolute Gasteiger partial charge is 0.495 e. The molecular formula is C20H19ClN4O2S. The number of carbonyl (C=O) groups excluding carboxylic acids is 1. The fourth-order valence-electron chi connectivity index (χ4n) is 2.35. The topological polar surface area (TPSA) is 79.9 Å². The number of carbonyl (C=O) groups is 1. The van der Waals surface area contributed by atoms with Crippen molar-refractivity contribution in [3.63, 3.8) is 0 Å². The van der Waals surface area contributed by atoms with Crippen LogP contribution in [-0.2, 0) is 4.79 Å². The van der Waals surface area contributed by atoms with Crippen molar-refractivity contribution in [3.8, 4) is 5.75 Å². The van der Waals surface area contributed by atoms with E-state index in [9.17, 15) is 4.79 Å². The lowest BCUT2D eigenvalue weighted by Gasteiger charge is -2.13. The van der Waals surface area contributed by atoms with Crippen LogP contribution in [0.1, 0.15) is 18.3 Å². The Morgan fingerprint density at radius 2 is 2.04 bits per heavy atom. The Bertz CT molecular complexity index is 975. The molecule has 0 spiro atoms. The molecule has 3 aromatic rings. The average Bonchev–Trinajstić information content (AvgIpc) is 3.14. The molecule has 0 radical (unpaired) electrons. The number of thioether (sulfide) groups is 1. The van der Waals surface area contributed by atoms with Crippen molar-refractivity contribution >= 4 is 47.1 Å². The molecule has 28 heavy (non-hydrogen) atoms. The van der Waals surface area contributed by atoms with Crippen LogP contribution in [0.25, 0.3) is 12.2 Å². The van der Waals surface area contributed by atoms with E-state index < -0.39 is 5.25 Å². The zero-order valence-corrected chi connectivity index (χ0v) is 16.9. The van der Waals surface area contributed by atoms with Crippen molar-refractivity contribution < 1.29 is 9.53 Å². The van der Waals surface area contributed by atoms with E-state index in [1.807, 2.05) is 42.5 Å². The molecule has 1 amide bonds. The summed E-state index contributed by atoms with van der Waals surface area (Å²) in [5.41, 5.74) is 1.59. The zero-order chi connectivity index (χ0) is 19.9. The highest BCUT2D eigenvalue weighted by Gasteiger charge is 2.18. The van der Waals surface area contributed by atoms with Crippen molar-refractivity contribution in [2.24, 2.45) is 0 Å². The summed E-state index contributed by atoms with van der Waals surface area (Å²) < 4.78 is 5.25. The second kappa shape index (κ2) is 9.43. The fourth-order valence-corrected chi connectivity index (χ4v) is 3.25. The molecule has 1 unspecified atom stereocenters. The number of benzene rings is 2. The normalized spacial score (nSPS) is 12.1. The number of methoxy groups -OCH3 is 1. The van der Waals surface area contributed by atoms with E-state index in [1.54, 1.807) is 25.1 Å². The summed E-state index contributed by atoms with van der Waals surface area (Å²) in [6.45, 7) is 1.78. The molecule has 0 aliphatic carbocycles. The first-order valence-electron chi connectivity index (χ1n) is 8.52. The highest BCUT2D eigenvalue weighted by molar-refractivity contribution is 8.00. The molecule has 6 nitrogen and oxygen atoms in total. The molecule has 0 bridgehead atoms. The minimum absolute atomic E-state index is 0.197. The summed E-state index contributed by atoms with van der Waals surface area (Å²) in [5.74, 6) is 0.966. The summed E-state index contributed by atoms with van der Waals surface area (Å²) in [7, 11) is 1.54. The third-order valence-electron chi connectivity index (χ3n) is 3.79. The smallest absolute Gasteiger partial charge is 0.237 e. The molecule has 144 valence electrons. The van der Waals surface area contributed by atoms with Crippen LogP contribution in [-0.4, -0.2) is 33.4 Å². The van der Waals surface area contributed by atoms with E-state index in [0.717, 1.165) is 5.56 Å². The lowest BCUT2D eigenvalue weighted by molar-refractivity contribution is -0.115. The molecule has 3 rings (SSSR count). The number of hydrogen-bond acceptors (Lipinski definition) is 5. The Balaban J connectivity index is 1.61. The molecule has 2 aromatic carbocycles. The number of hydrogen-bond donors (Lipinski definition) is 2. The maximum Gasteiger partial charge on any atom is 0.237 e. The Hall–Kier alpha value is -2.77. The third-order valence-corrected chi connectivity index (χ3v) is 4.98. The second-order valence-corrected chi connectivity index (χ2v) is 7.59. The molecule has 0 saturated carbocycles. The Morgan fingerprint density at radius 1 is 1.25 bits per heavy atom. The molecule has 0 aliphatic rings. The van der Waals surface area contributed by atoms with Gasteiger partial charge in [0.05, 0.1) is 18.0 Å². The van der Waals surface area contributed by atoms with Gasteiger partial charge in [0, 0.05) is 5.02 Å². The first kappa shape index (κ1) is 20.0. The minimum Gasteiger partial charge on any atom is -0.495 e. The average molecular weight is 415 g/mol. The third kappa shape index (κ3) is 5.37. The van der Waals surface area contributed by atoms with Crippen LogP contribution in [0.3, 0.4) is 0 Å². The minimum atomic E-state index is -0.412. The first-order chi connectivity index (χ1) is 13.5. The van der Waals surface area contributed by atoms with Crippen molar-refractivity contribution in [2.45, 2.75) is 17.3 Å². The van der Waals surface area contributed by atoms with Gasteiger partial charge in [-0.15, -0.1) is 5.10 Å². The van der Waals surface area contributed by atoms with Gasteiger partial charge in [-0.3, -0.25) is 9.89 Å². The Kier molecular flexibility index (Phi) is 6.73. The fraction of sp³-hybridized carbons (Fsp3) is 0.150. The van der Waals surface area contributed by atoms with Gasteiger partial charge in [0.15, 0.2) is 0 Å². The van der Waals surface area contributed by atoms with E-state index >= 15 is 0 Å². The number of nitrogens with one attached hydrogen (secondary N) is 2. The van der Waals surface area contributed by atoms with E-state index in [2.05, 4.69) is 20.5 Å². The first-order valence-corrected chi connectivity index (χ1v) is 9.77. The van der Waals surface area contributed by atoms with Crippen LogP contribution in [0.15, 0.2) is 53.7 Å². The van der Waals surface area contributed by atoms with Gasteiger partial charge < -0.3 is 10.1 Å². The van der Waals surface area contributed by atoms with E-state index in [0.29, 0.717) is 27.4 Å². The highest BCUT2D eigenvalue weighted by Crippen LogP contribution is 2.29. The van der Waals surface area contributed by atoms with Gasteiger partial charge in [0.1, 0.15) is 11.6 Å². The number of aromatic amines is 1. The van der Waals surface area contributed by atoms with Crippen molar-refractivity contribution in [3.05, 3.63) is 64.9 Å². The number of anilines is 1. The van der Waals surface area contributed by atoms with Crippen molar-refractivity contribution in [1.82, 2.24) is 15.2 Å². The highest BCUT2D eigenvalue weighted by atomic mass is 35.5. The van der Waals surface area contributed by atoms with Crippen LogP contribution in [0.5, 0.6) is 5.75 Å². The molecule has 2 N–H and O–H groups in total. The number of halogens is 1. The summed E-state index contributed by atoms with van der Waals surface area (Å²) in [6.07, 6.45) is 3.78. The molecular weight excluding hydrogens is 396 g/mol. The van der Waals surface area contributed by atoms with E-state index in [4.69, 9.17) is 16.3 Å². The molecule has 0 saturated heterocycles. The predicted octanol–water partition coefficient (Wildman–Crippen LogP) is 4.76. The van der Waals surface area contributed by atoms with E-state index in [1.165, 1.54) is 18.9 Å². The Labute approximate surface area is 172 Å². The molecule has 1 heterocycles. The number of aromatic nitrogens is 3. The molecule has 1 aromatic heterocycles. The number of ether oxygens (including phenoxy) is 1. The summed E-state index contributed by atoms with van der Waals surface area (Å²) in [4.78, 5) is 16.9. The summed E-state index contributed by atoms with van der Waals surface area (Å²) in [5, 5.41) is 10.4. The number of amides is 1. The monoisotopic (exact) mass is 414 g/mol. The van der Waals surface area contributed by atoms with Gasteiger partial charge in [-0.1, -0.05) is 59.8 Å². The van der Waals surface area contributed by atoms with Crippen LogP contribution in [0.4, 0.5) is 5.69 Å². The van der Waals surface area contributed by atoms with Gasteiger partial charge in [0.25, 0.3) is 0 Å². The number of H-pyrrole nitrogens is 1. The van der Waals surface area contributed by atoms with Crippen LogP contribution < -0.4 is 10.1 Å². The molecule has 8 heteroatoms.